The zero-order valence-electron chi connectivity index (χ0n) is 11.5. The van der Waals surface area contributed by atoms with Gasteiger partial charge in [0.05, 0.1) is 5.52 Å². The zero-order chi connectivity index (χ0) is 14.8. The largest absolute Gasteiger partial charge is 0.398 e. The Morgan fingerprint density at radius 3 is 3.05 bits per heavy atom. The van der Waals surface area contributed by atoms with E-state index in [9.17, 15) is 4.79 Å². The number of anilines is 1. The lowest BCUT2D eigenvalue weighted by Gasteiger charge is -2.07. The first-order valence-electron chi connectivity index (χ1n) is 6.60. The maximum absolute atomic E-state index is 11.5. The Morgan fingerprint density at radius 2 is 2.24 bits per heavy atom. The van der Waals surface area contributed by atoms with E-state index in [0.29, 0.717) is 17.5 Å². The fourth-order valence-corrected chi connectivity index (χ4v) is 3.20. The van der Waals surface area contributed by atoms with E-state index in [0.717, 1.165) is 22.2 Å². The number of fused-ring (bicyclic) bond motifs is 1. The van der Waals surface area contributed by atoms with Gasteiger partial charge in [0.15, 0.2) is 5.16 Å². The molecule has 0 fully saturated rings. The van der Waals surface area contributed by atoms with Crippen LogP contribution in [-0.2, 0) is 12.3 Å². The molecule has 0 saturated carbocycles. The maximum Gasteiger partial charge on any atom is 0.343 e. The van der Waals surface area contributed by atoms with Crippen molar-refractivity contribution < 1.29 is 0 Å². The minimum atomic E-state index is -0.180. The van der Waals surface area contributed by atoms with Gasteiger partial charge < -0.3 is 5.73 Å². The van der Waals surface area contributed by atoms with E-state index >= 15 is 0 Å². The average molecular weight is 301 g/mol. The van der Waals surface area contributed by atoms with E-state index in [2.05, 4.69) is 15.2 Å². The Kier molecular flexibility index (Phi) is 3.66. The Morgan fingerprint density at radius 1 is 1.38 bits per heavy atom. The molecule has 0 aliphatic rings. The van der Waals surface area contributed by atoms with Crippen LogP contribution in [0.4, 0.5) is 5.69 Å². The summed E-state index contributed by atoms with van der Waals surface area (Å²) < 4.78 is 1.61. The van der Waals surface area contributed by atoms with Crippen LogP contribution < -0.4 is 11.4 Å². The van der Waals surface area contributed by atoms with Crippen LogP contribution in [0.15, 0.2) is 40.4 Å². The van der Waals surface area contributed by atoms with Gasteiger partial charge in [-0.05, 0) is 30.7 Å². The Balaban J connectivity index is 1.92. The van der Waals surface area contributed by atoms with Gasteiger partial charge in [-0.25, -0.2) is 9.89 Å². The van der Waals surface area contributed by atoms with Crippen LogP contribution in [0, 0.1) is 0 Å². The summed E-state index contributed by atoms with van der Waals surface area (Å²) in [5.74, 6) is 0.679. The fraction of sp³-hybridized carbons (Fsp3) is 0.214. The van der Waals surface area contributed by atoms with Gasteiger partial charge in [-0.2, -0.15) is 0 Å². The summed E-state index contributed by atoms with van der Waals surface area (Å²) in [5, 5.41) is 8.15. The predicted octanol–water partition coefficient (Wildman–Crippen LogP) is 2.01. The number of hydrogen-bond donors (Lipinski definition) is 2. The van der Waals surface area contributed by atoms with E-state index in [-0.39, 0.29) is 5.69 Å². The standard InChI is InChI=1S/C14H15N5OS/c1-2-19-13(20)17-18-14(19)21-8-9-5-6-11(15)10-4-3-7-16-12(9)10/h3-7H,2,8,15H2,1H3,(H,17,20). The zero-order valence-corrected chi connectivity index (χ0v) is 12.4. The van der Waals surface area contributed by atoms with E-state index < -0.39 is 0 Å². The molecular weight excluding hydrogens is 286 g/mol. The summed E-state index contributed by atoms with van der Waals surface area (Å²) in [7, 11) is 0. The van der Waals surface area contributed by atoms with Gasteiger partial charge in [-0.15, -0.1) is 5.10 Å². The number of H-pyrrole nitrogens is 1. The molecule has 7 heteroatoms. The second-order valence-corrected chi connectivity index (χ2v) is 5.50. The summed E-state index contributed by atoms with van der Waals surface area (Å²) in [6.07, 6.45) is 1.76. The third-order valence-corrected chi connectivity index (χ3v) is 4.31. The molecule has 1 aromatic carbocycles. The highest BCUT2D eigenvalue weighted by Crippen LogP contribution is 2.27. The molecule has 0 amide bonds. The number of nitrogens with two attached hydrogens (primary N) is 1. The Bertz CT molecular complexity index is 839. The second kappa shape index (κ2) is 5.61. The normalized spacial score (nSPS) is 11.1. The van der Waals surface area contributed by atoms with Crippen LogP contribution >= 0.6 is 11.8 Å². The van der Waals surface area contributed by atoms with Crippen molar-refractivity contribution >= 4 is 28.4 Å². The number of aromatic nitrogens is 4. The molecular formula is C14H15N5OS. The molecule has 0 unspecified atom stereocenters. The van der Waals surface area contributed by atoms with Gasteiger partial charge in [0.1, 0.15) is 0 Å². The summed E-state index contributed by atoms with van der Waals surface area (Å²) in [6.45, 7) is 2.51. The number of nitrogens with zero attached hydrogens (tertiary/aromatic N) is 3. The van der Waals surface area contributed by atoms with Crippen molar-refractivity contribution in [2.24, 2.45) is 0 Å². The number of pyridine rings is 1. The first-order valence-corrected chi connectivity index (χ1v) is 7.59. The first-order chi connectivity index (χ1) is 10.2. The van der Waals surface area contributed by atoms with Gasteiger partial charge in [-0.3, -0.25) is 9.55 Å². The number of aromatic amines is 1. The van der Waals surface area contributed by atoms with Crippen molar-refractivity contribution in [3.63, 3.8) is 0 Å². The molecule has 108 valence electrons. The van der Waals surface area contributed by atoms with Crippen LogP contribution in [0.2, 0.25) is 0 Å². The minimum Gasteiger partial charge on any atom is -0.398 e. The van der Waals surface area contributed by atoms with Crippen molar-refractivity contribution in [3.05, 3.63) is 46.5 Å². The van der Waals surface area contributed by atoms with E-state index in [1.807, 2.05) is 31.2 Å². The molecule has 0 aliphatic heterocycles. The monoisotopic (exact) mass is 301 g/mol. The SMILES string of the molecule is CCn1c(SCc2ccc(N)c3cccnc23)n[nH]c1=O. The number of nitrogen functional groups attached to an aromatic ring is 1. The smallest absolute Gasteiger partial charge is 0.343 e. The molecule has 0 saturated heterocycles. The third-order valence-electron chi connectivity index (χ3n) is 3.28. The number of rotatable bonds is 4. The van der Waals surface area contributed by atoms with Gasteiger partial charge in [0.2, 0.25) is 0 Å². The molecule has 2 heterocycles. The molecule has 0 radical (unpaired) electrons. The summed E-state index contributed by atoms with van der Waals surface area (Å²) in [6, 6.07) is 7.69. The number of thioether (sulfide) groups is 1. The minimum absolute atomic E-state index is 0.180. The quantitative estimate of drug-likeness (QED) is 0.568. The van der Waals surface area contributed by atoms with E-state index in [1.54, 1.807) is 10.8 Å². The Hall–Kier alpha value is -2.28. The molecule has 0 bridgehead atoms. The third kappa shape index (κ3) is 2.52. The lowest BCUT2D eigenvalue weighted by atomic mass is 10.1. The number of hydrogen-bond acceptors (Lipinski definition) is 5. The van der Waals surface area contributed by atoms with Gasteiger partial charge in [-0.1, -0.05) is 17.8 Å². The first kappa shape index (κ1) is 13.7. The Labute approximate surface area is 125 Å². The van der Waals surface area contributed by atoms with Crippen LogP contribution in [-0.4, -0.2) is 19.7 Å². The molecule has 3 rings (SSSR count). The van der Waals surface area contributed by atoms with Crippen LogP contribution in [0.5, 0.6) is 0 Å². The van der Waals surface area contributed by atoms with E-state index in [4.69, 9.17) is 5.73 Å². The molecule has 0 aliphatic carbocycles. The number of nitrogens with one attached hydrogen (secondary N) is 1. The molecule has 3 N–H and O–H groups in total. The maximum atomic E-state index is 11.5. The lowest BCUT2D eigenvalue weighted by molar-refractivity contribution is 0.660. The highest BCUT2D eigenvalue weighted by Gasteiger charge is 2.10. The molecule has 3 aromatic rings. The van der Waals surface area contributed by atoms with Crippen LogP contribution in [0.1, 0.15) is 12.5 Å². The highest BCUT2D eigenvalue weighted by molar-refractivity contribution is 7.98. The topological polar surface area (TPSA) is 89.6 Å². The van der Waals surface area contributed by atoms with Crippen molar-refractivity contribution in [2.75, 3.05) is 5.73 Å². The summed E-state index contributed by atoms with van der Waals surface area (Å²) in [5.41, 5.74) is 8.48. The van der Waals surface area contributed by atoms with Crippen LogP contribution in [0.3, 0.4) is 0 Å². The molecule has 21 heavy (non-hydrogen) atoms. The van der Waals surface area contributed by atoms with E-state index in [1.165, 1.54) is 11.8 Å². The van der Waals surface area contributed by atoms with Gasteiger partial charge in [0, 0.05) is 29.6 Å². The van der Waals surface area contributed by atoms with Crippen molar-refractivity contribution in [1.29, 1.82) is 0 Å². The lowest BCUT2D eigenvalue weighted by Crippen LogP contribution is -2.16. The van der Waals surface area contributed by atoms with Gasteiger partial charge in [0.25, 0.3) is 0 Å². The fourth-order valence-electron chi connectivity index (χ4n) is 2.20. The summed E-state index contributed by atoms with van der Waals surface area (Å²) >= 11 is 1.51. The molecule has 0 atom stereocenters. The van der Waals surface area contributed by atoms with Crippen molar-refractivity contribution in [2.45, 2.75) is 24.4 Å². The predicted molar refractivity (Wildman–Crippen MR) is 84.2 cm³/mol. The highest BCUT2D eigenvalue weighted by atomic mass is 32.2. The molecule has 6 nitrogen and oxygen atoms in total. The number of benzene rings is 1. The second-order valence-electron chi connectivity index (χ2n) is 4.56. The van der Waals surface area contributed by atoms with Gasteiger partial charge >= 0.3 is 5.69 Å². The molecule has 2 aromatic heterocycles. The van der Waals surface area contributed by atoms with Crippen molar-refractivity contribution in [3.8, 4) is 0 Å². The molecule has 0 spiro atoms. The average Bonchev–Trinajstić information content (AvgIpc) is 2.87. The summed E-state index contributed by atoms with van der Waals surface area (Å²) in [4.78, 5) is 16.0. The van der Waals surface area contributed by atoms with Crippen molar-refractivity contribution in [1.82, 2.24) is 19.7 Å². The van der Waals surface area contributed by atoms with Crippen LogP contribution in [0.25, 0.3) is 10.9 Å².